The molecule has 0 aromatic heterocycles. The number of hydrogen-bond donors (Lipinski definition) is 1. The average molecular weight is 419 g/mol. The molecule has 2 rings (SSSR count). The van der Waals surface area contributed by atoms with Crippen LogP contribution in [0.4, 0.5) is 5.69 Å². The topological polar surface area (TPSA) is 92.8 Å². The van der Waals surface area contributed by atoms with E-state index in [1.165, 1.54) is 28.6 Å². The summed E-state index contributed by atoms with van der Waals surface area (Å²) in [5, 5.41) is 2.70. The molecule has 2 aromatic carbocycles. The maximum Gasteiger partial charge on any atom is 0.338 e. The predicted molar refractivity (Wildman–Crippen MR) is 111 cm³/mol. The first-order valence-corrected chi connectivity index (χ1v) is 10.8. The number of hydrogen-bond acceptors (Lipinski definition) is 5. The fourth-order valence-corrected chi connectivity index (χ4v) is 4.29. The molecule has 0 saturated carbocycles. The Balaban J connectivity index is 2.06. The van der Waals surface area contributed by atoms with Crippen molar-refractivity contribution >= 4 is 27.6 Å². The van der Waals surface area contributed by atoms with Gasteiger partial charge in [0.2, 0.25) is 10.0 Å². The fourth-order valence-electron chi connectivity index (χ4n) is 2.78. The number of nitrogens with one attached hydrogen (secondary N) is 1. The largest absolute Gasteiger partial charge is 0.452 e. The molecule has 0 saturated heterocycles. The number of carbonyl (C=O) groups is 2. The van der Waals surface area contributed by atoms with Crippen LogP contribution in [0.15, 0.2) is 47.4 Å². The Kier molecular flexibility index (Phi) is 7.53. The number of carbonyl (C=O) groups excluding carboxylic acids is 2. The molecule has 0 aliphatic heterocycles. The Bertz CT molecular complexity index is 998. The monoisotopic (exact) mass is 418 g/mol. The lowest BCUT2D eigenvalue weighted by Gasteiger charge is -2.18. The molecule has 1 N–H and O–H groups in total. The average Bonchev–Trinajstić information content (AvgIpc) is 2.70. The van der Waals surface area contributed by atoms with E-state index in [0.29, 0.717) is 18.8 Å². The minimum absolute atomic E-state index is 0.00971. The lowest BCUT2D eigenvalue weighted by atomic mass is 10.1. The van der Waals surface area contributed by atoms with Gasteiger partial charge < -0.3 is 10.1 Å². The molecule has 0 radical (unpaired) electrons. The maximum absolute atomic E-state index is 12.6. The Morgan fingerprint density at radius 1 is 1.03 bits per heavy atom. The van der Waals surface area contributed by atoms with Crippen LogP contribution in [0.25, 0.3) is 0 Å². The van der Waals surface area contributed by atoms with Crippen LogP contribution in [0, 0.1) is 13.8 Å². The number of benzene rings is 2. The van der Waals surface area contributed by atoms with Crippen molar-refractivity contribution in [2.75, 3.05) is 25.0 Å². The van der Waals surface area contributed by atoms with Crippen molar-refractivity contribution in [1.82, 2.24) is 4.31 Å². The second-order valence-electron chi connectivity index (χ2n) is 6.49. The van der Waals surface area contributed by atoms with Crippen molar-refractivity contribution in [3.63, 3.8) is 0 Å². The van der Waals surface area contributed by atoms with E-state index in [1.54, 1.807) is 19.9 Å². The quantitative estimate of drug-likeness (QED) is 0.665. The maximum atomic E-state index is 12.6. The highest BCUT2D eigenvalue weighted by atomic mass is 32.2. The zero-order chi connectivity index (χ0) is 21.6. The minimum atomic E-state index is -3.69. The number of amides is 1. The minimum Gasteiger partial charge on any atom is -0.452 e. The third-order valence-corrected chi connectivity index (χ3v) is 6.67. The Morgan fingerprint density at radius 3 is 2.34 bits per heavy atom. The molecule has 0 atom stereocenters. The van der Waals surface area contributed by atoms with E-state index in [1.807, 2.05) is 26.0 Å². The molecule has 1 amide bonds. The lowest BCUT2D eigenvalue weighted by molar-refractivity contribution is -0.119. The summed E-state index contributed by atoms with van der Waals surface area (Å²) in [6.45, 7) is 7.49. The van der Waals surface area contributed by atoms with Crippen molar-refractivity contribution < 1.29 is 22.7 Å². The normalized spacial score (nSPS) is 11.3. The molecule has 0 aliphatic rings. The Morgan fingerprint density at radius 2 is 1.69 bits per heavy atom. The molecular formula is C21H26N2O5S. The van der Waals surface area contributed by atoms with Gasteiger partial charge in [0.1, 0.15) is 0 Å². The summed E-state index contributed by atoms with van der Waals surface area (Å²) >= 11 is 0. The molecule has 8 heteroatoms. The summed E-state index contributed by atoms with van der Waals surface area (Å²) in [4.78, 5) is 24.4. The third kappa shape index (κ3) is 5.42. The lowest BCUT2D eigenvalue weighted by Crippen LogP contribution is -2.30. The van der Waals surface area contributed by atoms with E-state index in [0.717, 1.165) is 11.1 Å². The molecule has 0 aliphatic carbocycles. The highest BCUT2D eigenvalue weighted by Gasteiger charge is 2.23. The van der Waals surface area contributed by atoms with Gasteiger partial charge in [-0.15, -0.1) is 0 Å². The van der Waals surface area contributed by atoms with Crippen LogP contribution in [0.3, 0.4) is 0 Å². The number of nitrogens with zero attached hydrogens (tertiary/aromatic N) is 1. The first-order chi connectivity index (χ1) is 13.7. The van der Waals surface area contributed by atoms with Gasteiger partial charge in [0.15, 0.2) is 6.61 Å². The molecule has 7 nitrogen and oxygen atoms in total. The smallest absolute Gasteiger partial charge is 0.338 e. The van der Waals surface area contributed by atoms with Crippen LogP contribution in [-0.4, -0.2) is 44.3 Å². The number of anilines is 1. The number of esters is 1. The van der Waals surface area contributed by atoms with Gasteiger partial charge in [0, 0.05) is 18.8 Å². The fraction of sp³-hybridized carbons (Fsp3) is 0.333. The summed E-state index contributed by atoms with van der Waals surface area (Å²) in [5.74, 6) is -1.24. The van der Waals surface area contributed by atoms with Crippen molar-refractivity contribution in [1.29, 1.82) is 0 Å². The summed E-state index contributed by atoms with van der Waals surface area (Å²) in [6, 6.07) is 11.1. The Hall–Kier alpha value is -2.71. The van der Waals surface area contributed by atoms with Crippen molar-refractivity contribution in [2.45, 2.75) is 32.6 Å². The van der Waals surface area contributed by atoms with Crippen LogP contribution in [0.5, 0.6) is 0 Å². The molecule has 0 unspecified atom stereocenters. The van der Waals surface area contributed by atoms with E-state index in [4.69, 9.17) is 4.74 Å². The third-order valence-electron chi connectivity index (χ3n) is 4.63. The summed E-state index contributed by atoms with van der Waals surface area (Å²) in [6.07, 6.45) is 0. The van der Waals surface area contributed by atoms with E-state index in [2.05, 4.69) is 5.32 Å². The standard InChI is InChI=1S/C21H26N2O5S/c1-5-23(6-2)29(26,27)18-11-8-10-17(13-18)21(25)28-14-20(24)22-19-12-7-9-15(3)16(19)4/h7-13H,5-6,14H2,1-4H3,(H,22,24). The second kappa shape index (κ2) is 9.67. The van der Waals surface area contributed by atoms with E-state index in [9.17, 15) is 18.0 Å². The van der Waals surface area contributed by atoms with Crippen LogP contribution >= 0.6 is 0 Å². The zero-order valence-corrected chi connectivity index (χ0v) is 17.9. The van der Waals surface area contributed by atoms with Gasteiger partial charge in [-0.2, -0.15) is 4.31 Å². The highest BCUT2D eigenvalue weighted by Crippen LogP contribution is 2.19. The van der Waals surface area contributed by atoms with Gasteiger partial charge in [-0.25, -0.2) is 13.2 Å². The van der Waals surface area contributed by atoms with Gasteiger partial charge >= 0.3 is 5.97 Å². The van der Waals surface area contributed by atoms with Crippen molar-refractivity contribution in [2.24, 2.45) is 0 Å². The van der Waals surface area contributed by atoms with E-state index < -0.39 is 28.5 Å². The molecule has 0 fully saturated rings. The van der Waals surface area contributed by atoms with Crippen LogP contribution in [0.2, 0.25) is 0 Å². The van der Waals surface area contributed by atoms with Crippen molar-refractivity contribution in [3.05, 3.63) is 59.2 Å². The molecule has 0 spiro atoms. The van der Waals surface area contributed by atoms with E-state index in [-0.39, 0.29) is 10.5 Å². The molecular weight excluding hydrogens is 392 g/mol. The molecule has 0 bridgehead atoms. The number of rotatable bonds is 8. The van der Waals surface area contributed by atoms with Gasteiger partial charge in [-0.05, 0) is 49.2 Å². The van der Waals surface area contributed by atoms with E-state index >= 15 is 0 Å². The van der Waals surface area contributed by atoms with Crippen LogP contribution in [0.1, 0.15) is 35.3 Å². The van der Waals surface area contributed by atoms with Crippen molar-refractivity contribution in [3.8, 4) is 0 Å². The molecule has 156 valence electrons. The number of aryl methyl sites for hydroxylation is 1. The predicted octanol–water partition coefficient (Wildman–Crippen LogP) is 3.13. The first kappa shape index (κ1) is 22.6. The van der Waals surface area contributed by atoms with Gasteiger partial charge in [0.05, 0.1) is 10.5 Å². The number of ether oxygens (including phenoxy) is 1. The summed E-state index contributed by atoms with van der Waals surface area (Å²) in [7, 11) is -3.69. The summed E-state index contributed by atoms with van der Waals surface area (Å²) < 4.78 is 31.6. The zero-order valence-electron chi connectivity index (χ0n) is 17.1. The van der Waals surface area contributed by atoms with Gasteiger partial charge in [-0.1, -0.05) is 32.0 Å². The Labute approximate surface area is 171 Å². The molecule has 0 heterocycles. The van der Waals surface area contributed by atoms with Crippen LogP contribution in [-0.2, 0) is 19.6 Å². The van der Waals surface area contributed by atoms with Crippen LogP contribution < -0.4 is 5.32 Å². The molecule has 2 aromatic rings. The molecule has 29 heavy (non-hydrogen) atoms. The summed E-state index contributed by atoms with van der Waals surface area (Å²) in [5.41, 5.74) is 2.68. The van der Waals surface area contributed by atoms with Gasteiger partial charge in [0.25, 0.3) is 5.91 Å². The van der Waals surface area contributed by atoms with Gasteiger partial charge in [-0.3, -0.25) is 4.79 Å². The SMILES string of the molecule is CCN(CC)S(=O)(=O)c1cccc(C(=O)OCC(=O)Nc2cccc(C)c2C)c1. The first-order valence-electron chi connectivity index (χ1n) is 9.34. The second-order valence-corrected chi connectivity index (χ2v) is 8.43. The number of sulfonamides is 1. The highest BCUT2D eigenvalue weighted by molar-refractivity contribution is 7.89.